The van der Waals surface area contributed by atoms with E-state index < -0.39 is 12.0 Å². The number of hydrogen-bond donors (Lipinski definition) is 2. The SMILES string of the molecule is COCCOC(=O)C1=C(C)N(C)C(=O)N[C@H]1c1cc(Br)c(O)c(OC)c1. The standard InChI is InChI=1S/C17H21BrN2O6/c1-9-13(16(22)26-6-5-24-3)14(19-17(23)20(9)2)10-7-11(18)15(21)12(8-10)25-4/h7-8,14,21H,5-6H2,1-4H3,(H,19,23)/t14-/m0/s1. The highest BCUT2D eigenvalue weighted by atomic mass is 79.9. The highest BCUT2D eigenvalue weighted by molar-refractivity contribution is 9.10. The van der Waals surface area contributed by atoms with Gasteiger partial charge < -0.3 is 29.5 Å². The second-order valence-corrected chi connectivity index (χ2v) is 6.48. The van der Waals surface area contributed by atoms with Gasteiger partial charge in [-0.25, -0.2) is 9.59 Å². The second kappa shape index (κ2) is 8.41. The van der Waals surface area contributed by atoms with Gasteiger partial charge in [-0.1, -0.05) is 0 Å². The van der Waals surface area contributed by atoms with Crippen molar-refractivity contribution in [1.29, 1.82) is 0 Å². The van der Waals surface area contributed by atoms with Gasteiger partial charge in [0, 0.05) is 19.9 Å². The first-order valence-corrected chi connectivity index (χ1v) is 8.58. The fourth-order valence-corrected chi connectivity index (χ4v) is 3.02. The number of benzene rings is 1. The molecule has 0 bridgehead atoms. The second-order valence-electron chi connectivity index (χ2n) is 5.62. The number of methoxy groups -OCH3 is 2. The number of amides is 2. The van der Waals surface area contributed by atoms with Crippen molar-refractivity contribution in [3.8, 4) is 11.5 Å². The molecule has 2 N–H and O–H groups in total. The van der Waals surface area contributed by atoms with Crippen LogP contribution in [0.15, 0.2) is 27.9 Å². The van der Waals surface area contributed by atoms with E-state index in [-0.39, 0.29) is 30.7 Å². The van der Waals surface area contributed by atoms with E-state index in [0.717, 1.165) is 0 Å². The van der Waals surface area contributed by atoms with Gasteiger partial charge in [0.2, 0.25) is 0 Å². The fourth-order valence-electron chi connectivity index (χ4n) is 2.56. The number of nitrogens with zero attached hydrogens (tertiary/aromatic N) is 1. The number of carbonyl (C=O) groups excluding carboxylic acids is 2. The highest BCUT2D eigenvalue weighted by Gasteiger charge is 2.35. The predicted molar refractivity (Wildman–Crippen MR) is 96.9 cm³/mol. The average Bonchev–Trinajstić information content (AvgIpc) is 2.61. The van der Waals surface area contributed by atoms with Gasteiger partial charge in [0.1, 0.15) is 6.61 Å². The molecule has 0 fully saturated rings. The maximum Gasteiger partial charge on any atom is 0.338 e. The molecule has 2 rings (SSSR count). The normalized spacial score (nSPS) is 17.2. The van der Waals surface area contributed by atoms with E-state index >= 15 is 0 Å². The number of esters is 1. The van der Waals surface area contributed by atoms with Crippen LogP contribution in [0, 0.1) is 0 Å². The number of phenolic OH excluding ortho intramolecular Hbond substituents is 1. The Labute approximate surface area is 159 Å². The maximum atomic E-state index is 12.6. The predicted octanol–water partition coefficient (Wildman–Crippen LogP) is 2.32. The molecule has 1 aromatic carbocycles. The van der Waals surface area contributed by atoms with E-state index in [1.807, 2.05) is 0 Å². The van der Waals surface area contributed by atoms with E-state index in [2.05, 4.69) is 21.2 Å². The smallest absolute Gasteiger partial charge is 0.338 e. The fraction of sp³-hybridized carbons (Fsp3) is 0.412. The lowest BCUT2D eigenvalue weighted by molar-refractivity contribution is -0.140. The Morgan fingerprint density at radius 3 is 2.65 bits per heavy atom. The third kappa shape index (κ3) is 3.94. The van der Waals surface area contributed by atoms with Crippen molar-refractivity contribution >= 4 is 27.9 Å². The average molecular weight is 429 g/mol. The lowest BCUT2D eigenvalue weighted by Gasteiger charge is -2.33. The maximum absolute atomic E-state index is 12.6. The van der Waals surface area contributed by atoms with Gasteiger partial charge in [-0.05, 0) is 40.5 Å². The van der Waals surface area contributed by atoms with Crippen LogP contribution in [0.25, 0.3) is 0 Å². The Morgan fingerprint density at radius 2 is 2.04 bits per heavy atom. The number of nitrogens with one attached hydrogen (secondary N) is 1. The van der Waals surface area contributed by atoms with E-state index in [0.29, 0.717) is 21.3 Å². The van der Waals surface area contributed by atoms with E-state index in [9.17, 15) is 14.7 Å². The summed E-state index contributed by atoms with van der Waals surface area (Å²) in [4.78, 5) is 26.2. The molecule has 0 aromatic heterocycles. The summed E-state index contributed by atoms with van der Waals surface area (Å²) < 4.78 is 15.7. The van der Waals surface area contributed by atoms with Gasteiger partial charge in [0.05, 0.1) is 29.8 Å². The van der Waals surface area contributed by atoms with Gasteiger partial charge in [0.25, 0.3) is 0 Å². The van der Waals surface area contributed by atoms with Crippen molar-refractivity contribution < 1.29 is 28.9 Å². The van der Waals surface area contributed by atoms with Crippen molar-refractivity contribution in [2.24, 2.45) is 0 Å². The summed E-state index contributed by atoms with van der Waals surface area (Å²) in [5.41, 5.74) is 1.33. The van der Waals surface area contributed by atoms with Crippen LogP contribution in [0.1, 0.15) is 18.5 Å². The molecule has 0 aliphatic carbocycles. The zero-order chi connectivity index (χ0) is 19.4. The first-order chi connectivity index (χ1) is 12.3. The first kappa shape index (κ1) is 20.1. The number of carbonyl (C=O) groups is 2. The number of hydrogen-bond acceptors (Lipinski definition) is 6. The summed E-state index contributed by atoms with van der Waals surface area (Å²) in [5, 5.41) is 12.8. The van der Waals surface area contributed by atoms with Crippen molar-refractivity contribution in [2.45, 2.75) is 13.0 Å². The van der Waals surface area contributed by atoms with Crippen LogP contribution in [-0.4, -0.2) is 56.5 Å². The molecule has 9 heteroatoms. The molecular weight excluding hydrogens is 408 g/mol. The zero-order valence-electron chi connectivity index (χ0n) is 15.0. The molecule has 8 nitrogen and oxygen atoms in total. The van der Waals surface area contributed by atoms with Crippen LogP contribution in [0.5, 0.6) is 11.5 Å². The third-order valence-electron chi connectivity index (χ3n) is 4.10. The molecule has 0 unspecified atom stereocenters. The molecule has 1 aromatic rings. The van der Waals surface area contributed by atoms with Crippen LogP contribution in [0.3, 0.4) is 0 Å². The van der Waals surface area contributed by atoms with Crippen LogP contribution < -0.4 is 10.1 Å². The molecule has 0 spiro atoms. The number of urea groups is 1. The topological polar surface area (TPSA) is 97.3 Å². The van der Waals surface area contributed by atoms with Gasteiger partial charge in [-0.3, -0.25) is 0 Å². The van der Waals surface area contributed by atoms with E-state index in [1.54, 1.807) is 26.1 Å². The Kier molecular flexibility index (Phi) is 6.49. The zero-order valence-corrected chi connectivity index (χ0v) is 16.5. The number of phenols is 1. The number of allylic oxidation sites excluding steroid dienone is 1. The Morgan fingerprint density at radius 1 is 1.35 bits per heavy atom. The van der Waals surface area contributed by atoms with Gasteiger partial charge in [0.15, 0.2) is 11.5 Å². The summed E-state index contributed by atoms with van der Waals surface area (Å²) in [5.74, 6) is -0.410. The summed E-state index contributed by atoms with van der Waals surface area (Å²) >= 11 is 3.25. The molecule has 0 saturated carbocycles. The van der Waals surface area contributed by atoms with E-state index in [1.165, 1.54) is 19.1 Å². The van der Waals surface area contributed by atoms with Gasteiger partial charge >= 0.3 is 12.0 Å². The molecule has 26 heavy (non-hydrogen) atoms. The minimum Gasteiger partial charge on any atom is -0.503 e. The van der Waals surface area contributed by atoms with Crippen LogP contribution in [0.2, 0.25) is 0 Å². The van der Waals surface area contributed by atoms with Crippen molar-refractivity contribution in [3.05, 3.63) is 33.4 Å². The Bertz CT molecular complexity index is 749. The Balaban J connectivity index is 2.49. The summed E-state index contributed by atoms with van der Waals surface area (Å²) in [6.45, 7) is 2.04. The molecular formula is C17H21BrN2O6. The van der Waals surface area contributed by atoms with Crippen molar-refractivity contribution in [1.82, 2.24) is 10.2 Å². The summed E-state index contributed by atoms with van der Waals surface area (Å²) in [7, 11) is 4.49. The molecule has 0 radical (unpaired) electrons. The van der Waals surface area contributed by atoms with Crippen molar-refractivity contribution in [3.63, 3.8) is 0 Å². The molecule has 1 atom stereocenters. The van der Waals surface area contributed by atoms with Crippen LogP contribution >= 0.6 is 15.9 Å². The quantitative estimate of drug-likeness (QED) is 0.532. The monoisotopic (exact) mass is 428 g/mol. The largest absolute Gasteiger partial charge is 0.503 e. The summed E-state index contributed by atoms with van der Waals surface area (Å²) in [6.07, 6.45) is 0. The minimum atomic E-state index is -0.750. The van der Waals surface area contributed by atoms with E-state index in [4.69, 9.17) is 14.2 Å². The summed E-state index contributed by atoms with van der Waals surface area (Å²) in [6, 6.07) is 2.07. The number of rotatable bonds is 6. The molecule has 1 heterocycles. The highest BCUT2D eigenvalue weighted by Crippen LogP contribution is 2.40. The van der Waals surface area contributed by atoms with Crippen molar-refractivity contribution in [2.75, 3.05) is 34.5 Å². The van der Waals surface area contributed by atoms with Gasteiger partial charge in [-0.2, -0.15) is 0 Å². The Hall–Kier alpha value is -2.26. The third-order valence-corrected chi connectivity index (χ3v) is 4.70. The number of halogens is 1. The van der Waals surface area contributed by atoms with Crippen LogP contribution in [0.4, 0.5) is 4.79 Å². The molecule has 0 saturated heterocycles. The first-order valence-electron chi connectivity index (χ1n) is 7.79. The minimum absolute atomic E-state index is 0.0690. The number of ether oxygens (including phenoxy) is 3. The molecule has 2 amide bonds. The molecule has 142 valence electrons. The lowest BCUT2D eigenvalue weighted by atomic mass is 9.94. The number of aromatic hydroxyl groups is 1. The molecule has 1 aliphatic heterocycles. The molecule has 1 aliphatic rings. The van der Waals surface area contributed by atoms with Gasteiger partial charge in [-0.15, -0.1) is 0 Å². The van der Waals surface area contributed by atoms with Crippen LogP contribution in [-0.2, 0) is 14.3 Å². The lowest BCUT2D eigenvalue weighted by Crippen LogP contribution is -2.46.